The van der Waals surface area contributed by atoms with Gasteiger partial charge in [-0.1, -0.05) is 11.6 Å². The number of amides is 2. The smallest absolute Gasteiger partial charge is 0.416 e. The lowest BCUT2D eigenvalue weighted by Crippen LogP contribution is -2.41. The van der Waals surface area contributed by atoms with Crippen molar-refractivity contribution < 1.29 is 32.3 Å². The van der Waals surface area contributed by atoms with Crippen LogP contribution < -0.4 is 5.32 Å². The molecule has 0 radical (unpaired) electrons. The summed E-state index contributed by atoms with van der Waals surface area (Å²) in [5.41, 5.74) is -0.167. The number of alkyl halides is 3. The molecule has 0 saturated carbocycles. The van der Waals surface area contributed by atoms with Crippen molar-refractivity contribution in [1.29, 1.82) is 0 Å². The average Bonchev–Trinajstić information content (AvgIpc) is 2.79. The first-order valence-corrected chi connectivity index (χ1v) is 10.7. The highest BCUT2D eigenvalue weighted by molar-refractivity contribution is 6.30. The Morgan fingerprint density at radius 2 is 1.61 bits per heavy atom. The monoisotopic (exact) mass is 482 g/mol. The van der Waals surface area contributed by atoms with E-state index in [0.29, 0.717) is 36.5 Å². The predicted octanol–water partition coefficient (Wildman–Crippen LogP) is 4.78. The summed E-state index contributed by atoms with van der Waals surface area (Å²) in [6, 6.07) is 10.5. The minimum atomic E-state index is -4.47. The van der Waals surface area contributed by atoms with Gasteiger partial charge in [0, 0.05) is 29.4 Å². The molecule has 1 aliphatic rings. The number of piperidine rings is 1. The number of hydrogen-bond donors (Lipinski definition) is 1. The maximum Gasteiger partial charge on any atom is 0.416 e. The SMILES string of the molecule is CC(OC(=O)C1CCN(C(=O)c2ccc(Cl)cc2)CC1)C(=O)Nc1ccc(C(F)(F)F)cc1. The van der Waals surface area contributed by atoms with Crippen LogP contribution in [0.4, 0.5) is 18.9 Å². The first kappa shape index (κ1) is 24.6. The molecule has 6 nitrogen and oxygen atoms in total. The van der Waals surface area contributed by atoms with Crippen molar-refractivity contribution in [3.8, 4) is 0 Å². The second-order valence-electron chi connectivity index (χ2n) is 7.72. The van der Waals surface area contributed by atoms with Gasteiger partial charge in [0.05, 0.1) is 11.5 Å². The Labute approximate surface area is 193 Å². The highest BCUT2D eigenvalue weighted by Crippen LogP contribution is 2.30. The van der Waals surface area contributed by atoms with Gasteiger partial charge < -0.3 is 15.0 Å². The van der Waals surface area contributed by atoms with Crippen LogP contribution >= 0.6 is 11.6 Å². The van der Waals surface area contributed by atoms with Crippen LogP contribution in [-0.2, 0) is 20.5 Å². The molecule has 1 aliphatic heterocycles. The van der Waals surface area contributed by atoms with Gasteiger partial charge in [0.25, 0.3) is 11.8 Å². The fraction of sp³-hybridized carbons (Fsp3) is 0.348. The lowest BCUT2D eigenvalue weighted by molar-refractivity contribution is -0.158. The second kappa shape index (κ2) is 10.2. The molecule has 176 valence electrons. The van der Waals surface area contributed by atoms with Crippen molar-refractivity contribution in [2.24, 2.45) is 5.92 Å². The Morgan fingerprint density at radius 1 is 1.03 bits per heavy atom. The molecule has 0 aromatic heterocycles. The summed E-state index contributed by atoms with van der Waals surface area (Å²) in [6.07, 6.45) is -4.81. The summed E-state index contributed by atoms with van der Waals surface area (Å²) in [6.45, 7) is 2.12. The Bertz CT molecular complexity index is 1000. The molecule has 3 rings (SSSR count). The fourth-order valence-corrected chi connectivity index (χ4v) is 3.53. The first-order valence-electron chi connectivity index (χ1n) is 10.3. The van der Waals surface area contributed by atoms with Gasteiger partial charge in [0.15, 0.2) is 6.10 Å². The number of rotatable bonds is 5. The Hall–Kier alpha value is -3.07. The van der Waals surface area contributed by atoms with Gasteiger partial charge in [-0.2, -0.15) is 13.2 Å². The molecule has 0 bridgehead atoms. The first-order chi connectivity index (χ1) is 15.5. The molecule has 2 amide bonds. The van der Waals surface area contributed by atoms with Crippen molar-refractivity contribution in [2.45, 2.75) is 32.0 Å². The Morgan fingerprint density at radius 3 is 2.15 bits per heavy atom. The molecule has 33 heavy (non-hydrogen) atoms. The van der Waals surface area contributed by atoms with Crippen LogP contribution in [0.2, 0.25) is 5.02 Å². The number of anilines is 1. The number of hydrogen-bond acceptors (Lipinski definition) is 4. The highest BCUT2D eigenvalue weighted by Gasteiger charge is 2.32. The lowest BCUT2D eigenvalue weighted by atomic mass is 9.96. The van der Waals surface area contributed by atoms with Crippen molar-refractivity contribution in [2.75, 3.05) is 18.4 Å². The van der Waals surface area contributed by atoms with Crippen LogP contribution in [0.5, 0.6) is 0 Å². The summed E-state index contributed by atoms with van der Waals surface area (Å²) in [5.74, 6) is -1.81. The van der Waals surface area contributed by atoms with E-state index in [-0.39, 0.29) is 11.6 Å². The summed E-state index contributed by atoms with van der Waals surface area (Å²) >= 11 is 5.84. The molecule has 10 heteroatoms. The highest BCUT2D eigenvalue weighted by atomic mass is 35.5. The van der Waals surface area contributed by atoms with E-state index in [1.54, 1.807) is 29.2 Å². The molecule has 1 saturated heterocycles. The third kappa shape index (κ3) is 6.47. The predicted molar refractivity (Wildman–Crippen MR) is 116 cm³/mol. The molecule has 1 heterocycles. The number of ether oxygens (including phenoxy) is 1. The molecular weight excluding hydrogens is 461 g/mol. The van der Waals surface area contributed by atoms with Gasteiger partial charge in [-0.3, -0.25) is 14.4 Å². The number of likely N-dealkylation sites (tertiary alicyclic amines) is 1. The zero-order valence-electron chi connectivity index (χ0n) is 17.7. The van der Waals surface area contributed by atoms with Gasteiger partial charge in [0.2, 0.25) is 0 Å². The summed E-state index contributed by atoms with van der Waals surface area (Å²) in [5, 5.41) is 2.96. The molecule has 1 unspecified atom stereocenters. The van der Waals surface area contributed by atoms with E-state index in [1.807, 2.05) is 0 Å². The maximum atomic E-state index is 12.6. The van der Waals surface area contributed by atoms with Crippen molar-refractivity contribution in [1.82, 2.24) is 4.90 Å². The largest absolute Gasteiger partial charge is 0.452 e. The number of nitrogens with zero attached hydrogens (tertiary/aromatic N) is 1. The lowest BCUT2D eigenvalue weighted by Gasteiger charge is -2.31. The zero-order valence-corrected chi connectivity index (χ0v) is 18.4. The van der Waals surface area contributed by atoms with Crippen molar-refractivity contribution >= 4 is 35.1 Å². The maximum absolute atomic E-state index is 12.6. The Balaban J connectivity index is 1.47. The molecule has 2 aromatic rings. The van der Waals surface area contributed by atoms with Gasteiger partial charge in [0.1, 0.15) is 0 Å². The molecular formula is C23H22ClF3N2O4. The number of esters is 1. The molecule has 0 spiro atoms. The fourth-order valence-electron chi connectivity index (χ4n) is 3.40. The number of nitrogens with one attached hydrogen (secondary N) is 1. The van der Waals surface area contributed by atoms with Crippen molar-refractivity contribution in [3.05, 3.63) is 64.7 Å². The van der Waals surface area contributed by atoms with E-state index in [4.69, 9.17) is 16.3 Å². The number of benzene rings is 2. The van der Waals surface area contributed by atoms with Gasteiger partial charge in [-0.15, -0.1) is 0 Å². The number of halogens is 4. The minimum Gasteiger partial charge on any atom is -0.452 e. The van der Waals surface area contributed by atoms with Crippen LogP contribution in [0.3, 0.4) is 0 Å². The summed E-state index contributed by atoms with van der Waals surface area (Å²) in [4.78, 5) is 38.9. The molecule has 1 atom stereocenters. The van der Waals surface area contributed by atoms with E-state index >= 15 is 0 Å². The molecule has 2 aromatic carbocycles. The molecule has 0 aliphatic carbocycles. The van der Waals surface area contributed by atoms with Gasteiger partial charge >= 0.3 is 12.1 Å². The standard InChI is InChI=1S/C23H22ClF3N2O4/c1-14(20(30)28-19-8-4-17(5-9-19)23(25,26)27)33-22(32)16-10-12-29(13-11-16)21(31)15-2-6-18(24)7-3-15/h2-9,14,16H,10-13H2,1H3,(H,28,30). The van der Waals surface area contributed by atoms with E-state index in [9.17, 15) is 27.6 Å². The summed E-state index contributed by atoms with van der Waals surface area (Å²) in [7, 11) is 0. The quantitative estimate of drug-likeness (QED) is 0.622. The van der Waals surface area contributed by atoms with Crippen LogP contribution in [0.15, 0.2) is 48.5 Å². The van der Waals surface area contributed by atoms with E-state index in [0.717, 1.165) is 24.3 Å². The second-order valence-corrected chi connectivity index (χ2v) is 8.15. The van der Waals surface area contributed by atoms with Crippen LogP contribution in [0, 0.1) is 5.92 Å². The number of carbonyl (C=O) groups excluding carboxylic acids is 3. The van der Waals surface area contributed by atoms with E-state index in [2.05, 4.69) is 5.32 Å². The van der Waals surface area contributed by atoms with Crippen molar-refractivity contribution in [3.63, 3.8) is 0 Å². The third-order valence-electron chi connectivity index (χ3n) is 5.35. The zero-order chi connectivity index (χ0) is 24.2. The van der Waals surface area contributed by atoms with E-state index < -0.39 is 35.6 Å². The third-order valence-corrected chi connectivity index (χ3v) is 5.60. The summed E-state index contributed by atoms with van der Waals surface area (Å²) < 4.78 is 43.1. The Kier molecular flexibility index (Phi) is 7.63. The van der Waals surface area contributed by atoms with Crippen LogP contribution in [-0.4, -0.2) is 41.9 Å². The molecule has 1 N–H and O–H groups in total. The minimum absolute atomic E-state index is 0.150. The number of carbonyl (C=O) groups is 3. The van der Waals surface area contributed by atoms with E-state index in [1.165, 1.54) is 6.92 Å². The topological polar surface area (TPSA) is 75.7 Å². The molecule has 1 fully saturated rings. The van der Waals surface area contributed by atoms with Crippen LogP contribution in [0.1, 0.15) is 35.7 Å². The van der Waals surface area contributed by atoms with Gasteiger partial charge in [-0.25, -0.2) is 0 Å². The average molecular weight is 483 g/mol. The van der Waals surface area contributed by atoms with Gasteiger partial charge in [-0.05, 0) is 68.3 Å². The normalized spacial score (nSPS) is 15.6. The van der Waals surface area contributed by atoms with Crippen LogP contribution in [0.25, 0.3) is 0 Å².